The summed E-state index contributed by atoms with van der Waals surface area (Å²) in [5.41, 5.74) is 0.870. The highest BCUT2D eigenvalue weighted by atomic mass is 16.6. The van der Waals surface area contributed by atoms with Crippen molar-refractivity contribution in [2.24, 2.45) is 0 Å². The first-order valence-electron chi connectivity index (χ1n) is 4.46. The molecule has 0 spiro atoms. The van der Waals surface area contributed by atoms with E-state index in [-0.39, 0.29) is 6.42 Å². The molecule has 0 aliphatic carbocycles. The minimum atomic E-state index is -0.926. The Bertz CT molecular complexity index is 297. The van der Waals surface area contributed by atoms with E-state index in [0.717, 1.165) is 5.56 Å². The van der Waals surface area contributed by atoms with Gasteiger partial charge in [0.2, 0.25) is 6.04 Å². The van der Waals surface area contributed by atoms with Crippen LogP contribution in [0, 0.1) is 10.1 Å². The summed E-state index contributed by atoms with van der Waals surface area (Å²) >= 11 is 0. The van der Waals surface area contributed by atoms with Gasteiger partial charge in [0.05, 0.1) is 0 Å². The van der Waals surface area contributed by atoms with Gasteiger partial charge in [-0.2, -0.15) is 0 Å². The Morgan fingerprint density at radius 3 is 2.43 bits per heavy atom. The van der Waals surface area contributed by atoms with Crippen LogP contribution in [0.4, 0.5) is 0 Å². The summed E-state index contributed by atoms with van der Waals surface area (Å²) in [4.78, 5) is 10.2. The van der Waals surface area contributed by atoms with E-state index in [1.807, 2.05) is 30.3 Å². The fourth-order valence-corrected chi connectivity index (χ4v) is 1.28. The highest BCUT2D eigenvalue weighted by Gasteiger charge is 2.26. The first-order valence-corrected chi connectivity index (χ1v) is 4.46. The highest BCUT2D eigenvalue weighted by Crippen LogP contribution is 2.08. The van der Waals surface area contributed by atoms with Crippen LogP contribution in [0.15, 0.2) is 30.3 Å². The minimum Gasteiger partial charge on any atom is -0.386 e. The van der Waals surface area contributed by atoms with Crippen LogP contribution < -0.4 is 0 Å². The van der Waals surface area contributed by atoms with Crippen molar-refractivity contribution in [2.75, 3.05) is 0 Å². The van der Waals surface area contributed by atoms with Crippen LogP contribution in [-0.2, 0) is 6.42 Å². The van der Waals surface area contributed by atoms with E-state index in [1.54, 1.807) is 0 Å². The second-order valence-electron chi connectivity index (χ2n) is 3.28. The number of aliphatic hydroxyl groups excluding tert-OH is 1. The predicted molar refractivity (Wildman–Crippen MR) is 52.6 cm³/mol. The lowest BCUT2D eigenvalue weighted by atomic mass is 10.0. The zero-order valence-electron chi connectivity index (χ0n) is 7.96. The third-order valence-corrected chi connectivity index (χ3v) is 2.12. The maximum absolute atomic E-state index is 10.6. The zero-order valence-corrected chi connectivity index (χ0v) is 7.96. The summed E-state index contributed by atoms with van der Waals surface area (Å²) in [7, 11) is 0. The van der Waals surface area contributed by atoms with Crippen molar-refractivity contribution in [3.63, 3.8) is 0 Å². The minimum absolute atomic E-state index is 0.269. The lowest BCUT2D eigenvalue weighted by Crippen LogP contribution is -2.33. The average Bonchev–Trinajstić information content (AvgIpc) is 2.15. The molecule has 2 atom stereocenters. The standard InChI is InChI=1S/C10H13NO3/c1-8(12)10(11(13)14)7-9-5-3-2-4-6-9/h2-6,8,10,12H,7H2,1H3. The SMILES string of the molecule is CC(O)C(Cc1ccccc1)[N+](=O)[O-]. The summed E-state index contributed by atoms with van der Waals surface area (Å²) in [6, 6.07) is 8.23. The Balaban J connectivity index is 2.70. The second kappa shape index (κ2) is 4.72. The third-order valence-electron chi connectivity index (χ3n) is 2.12. The molecule has 0 radical (unpaired) electrons. The first kappa shape index (κ1) is 10.7. The van der Waals surface area contributed by atoms with Gasteiger partial charge >= 0.3 is 0 Å². The predicted octanol–water partition coefficient (Wildman–Crippen LogP) is 1.26. The maximum atomic E-state index is 10.6. The van der Waals surface area contributed by atoms with Crippen LogP contribution in [0.3, 0.4) is 0 Å². The van der Waals surface area contributed by atoms with Crippen LogP contribution >= 0.6 is 0 Å². The molecule has 1 rings (SSSR count). The third kappa shape index (κ3) is 2.81. The molecular weight excluding hydrogens is 182 g/mol. The molecule has 0 aliphatic heterocycles. The van der Waals surface area contributed by atoms with Gasteiger partial charge in [-0.05, 0) is 12.5 Å². The molecule has 0 bridgehead atoms. The Kier molecular flexibility index (Phi) is 3.59. The Labute approximate surface area is 82.3 Å². The average molecular weight is 195 g/mol. The molecule has 0 heterocycles. The lowest BCUT2D eigenvalue weighted by molar-refractivity contribution is -0.533. The van der Waals surface area contributed by atoms with Gasteiger partial charge in [-0.1, -0.05) is 30.3 Å². The van der Waals surface area contributed by atoms with Gasteiger partial charge in [-0.25, -0.2) is 0 Å². The smallest absolute Gasteiger partial charge is 0.242 e. The van der Waals surface area contributed by atoms with Crippen molar-refractivity contribution in [1.82, 2.24) is 0 Å². The number of nitrogens with zero attached hydrogens (tertiary/aromatic N) is 1. The summed E-state index contributed by atoms with van der Waals surface area (Å²) in [6.45, 7) is 1.44. The molecule has 4 heteroatoms. The van der Waals surface area contributed by atoms with E-state index >= 15 is 0 Å². The van der Waals surface area contributed by atoms with E-state index in [9.17, 15) is 15.2 Å². The van der Waals surface area contributed by atoms with Crippen LogP contribution in [0.25, 0.3) is 0 Å². The fraction of sp³-hybridized carbons (Fsp3) is 0.400. The zero-order chi connectivity index (χ0) is 10.6. The molecule has 14 heavy (non-hydrogen) atoms. The van der Waals surface area contributed by atoms with Gasteiger partial charge < -0.3 is 5.11 Å². The van der Waals surface area contributed by atoms with Crippen molar-refractivity contribution in [3.05, 3.63) is 46.0 Å². The van der Waals surface area contributed by atoms with Crippen LogP contribution in [-0.4, -0.2) is 22.2 Å². The molecular formula is C10H13NO3. The van der Waals surface area contributed by atoms with E-state index in [0.29, 0.717) is 0 Å². The molecule has 2 unspecified atom stereocenters. The summed E-state index contributed by atoms with van der Waals surface area (Å²) < 4.78 is 0. The number of rotatable bonds is 4. The van der Waals surface area contributed by atoms with E-state index in [2.05, 4.69) is 0 Å². The lowest BCUT2D eigenvalue weighted by Gasteiger charge is -2.11. The number of hydrogen-bond acceptors (Lipinski definition) is 3. The van der Waals surface area contributed by atoms with E-state index in [4.69, 9.17) is 0 Å². The Morgan fingerprint density at radius 1 is 1.43 bits per heavy atom. The molecule has 1 aromatic rings. The molecule has 0 aromatic heterocycles. The van der Waals surface area contributed by atoms with E-state index in [1.165, 1.54) is 6.92 Å². The topological polar surface area (TPSA) is 63.4 Å². The van der Waals surface area contributed by atoms with Gasteiger partial charge in [0.1, 0.15) is 6.10 Å². The van der Waals surface area contributed by atoms with E-state index < -0.39 is 17.1 Å². The molecule has 0 aliphatic rings. The van der Waals surface area contributed by atoms with Crippen molar-refractivity contribution in [3.8, 4) is 0 Å². The number of hydrogen-bond donors (Lipinski definition) is 1. The van der Waals surface area contributed by atoms with Gasteiger partial charge in [0.25, 0.3) is 0 Å². The molecule has 0 saturated carbocycles. The summed E-state index contributed by atoms with van der Waals surface area (Å²) in [6.07, 6.45) is -0.656. The van der Waals surface area contributed by atoms with Crippen molar-refractivity contribution >= 4 is 0 Å². The Morgan fingerprint density at radius 2 is 2.00 bits per heavy atom. The maximum Gasteiger partial charge on any atom is 0.242 e. The molecule has 4 nitrogen and oxygen atoms in total. The molecule has 0 saturated heterocycles. The Hall–Kier alpha value is -1.42. The van der Waals surface area contributed by atoms with Crippen LogP contribution in [0.2, 0.25) is 0 Å². The van der Waals surface area contributed by atoms with Crippen molar-refractivity contribution in [1.29, 1.82) is 0 Å². The van der Waals surface area contributed by atoms with Crippen molar-refractivity contribution in [2.45, 2.75) is 25.5 Å². The van der Waals surface area contributed by atoms with Gasteiger partial charge in [0, 0.05) is 11.3 Å². The van der Waals surface area contributed by atoms with Crippen LogP contribution in [0.5, 0.6) is 0 Å². The van der Waals surface area contributed by atoms with Gasteiger partial charge in [-0.3, -0.25) is 10.1 Å². The second-order valence-corrected chi connectivity index (χ2v) is 3.28. The van der Waals surface area contributed by atoms with Gasteiger partial charge in [-0.15, -0.1) is 0 Å². The number of nitro groups is 1. The monoisotopic (exact) mass is 195 g/mol. The highest BCUT2D eigenvalue weighted by molar-refractivity contribution is 5.15. The largest absolute Gasteiger partial charge is 0.386 e. The normalized spacial score (nSPS) is 14.7. The number of benzene rings is 1. The molecule has 1 N–H and O–H groups in total. The number of aliphatic hydroxyl groups is 1. The molecule has 76 valence electrons. The van der Waals surface area contributed by atoms with Crippen LogP contribution in [0.1, 0.15) is 12.5 Å². The first-order chi connectivity index (χ1) is 6.61. The summed E-state index contributed by atoms with van der Waals surface area (Å²) in [5, 5.41) is 19.8. The van der Waals surface area contributed by atoms with Gasteiger partial charge in [0.15, 0.2) is 0 Å². The summed E-state index contributed by atoms with van der Waals surface area (Å²) in [5.74, 6) is 0. The van der Waals surface area contributed by atoms with Crippen molar-refractivity contribution < 1.29 is 10.0 Å². The molecule has 0 fully saturated rings. The molecule has 0 amide bonds. The fourth-order valence-electron chi connectivity index (χ4n) is 1.28. The molecule has 1 aromatic carbocycles. The quantitative estimate of drug-likeness (QED) is 0.581.